The minimum absolute atomic E-state index is 0.105. The number of hydrogen-bond acceptors (Lipinski definition) is 4. The predicted octanol–water partition coefficient (Wildman–Crippen LogP) is 3.46. The number of rotatable bonds is 13. The highest BCUT2D eigenvalue weighted by Crippen LogP contribution is 2.08. The van der Waals surface area contributed by atoms with Gasteiger partial charge in [-0.1, -0.05) is 39.5 Å². The highest BCUT2D eigenvalue weighted by molar-refractivity contribution is 5.56. The summed E-state index contributed by atoms with van der Waals surface area (Å²) in [4.78, 5) is 10.4. The molecule has 0 saturated heterocycles. The van der Waals surface area contributed by atoms with Crippen LogP contribution in [0, 0.1) is 0 Å². The van der Waals surface area contributed by atoms with E-state index < -0.39 is 6.16 Å². The summed E-state index contributed by atoms with van der Waals surface area (Å²) in [6.45, 7) is 6.15. The molecule has 19 heavy (non-hydrogen) atoms. The molecule has 0 radical (unpaired) electrons. The molecule has 0 fully saturated rings. The van der Waals surface area contributed by atoms with Crippen LogP contribution < -0.4 is 0 Å². The summed E-state index contributed by atoms with van der Waals surface area (Å²) in [7, 11) is 0. The molecular formula is C14H28O5. The zero-order valence-corrected chi connectivity index (χ0v) is 12.2. The van der Waals surface area contributed by atoms with Crippen LogP contribution in [-0.2, 0) is 14.2 Å². The Kier molecular flexibility index (Phi) is 13.0. The Morgan fingerprint density at radius 1 is 1.05 bits per heavy atom. The molecule has 5 nitrogen and oxygen atoms in total. The third kappa shape index (κ3) is 13.4. The number of carbonyl (C=O) groups is 1. The first kappa shape index (κ1) is 18.2. The van der Waals surface area contributed by atoms with Gasteiger partial charge in [0, 0.05) is 6.61 Å². The molecule has 0 spiro atoms. The molecule has 0 aromatic rings. The molecule has 114 valence electrons. The lowest BCUT2D eigenvalue weighted by Gasteiger charge is -2.17. The standard InChI is InChI=1S/C14H28O5/c1-3-5-7-8-13(12-19-14(15)16)18-11-10-17-9-6-4-2/h13H,3-12H2,1-2H3,(H,15,16). The fourth-order valence-corrected chi connectivity index (χ4v) is 1.62. The van der Waals surface area contributed by atoms with Gasteiger partial charge in [0.15, 0.2) is 0 Å². The minimum Gasteiger partial charge on any atom is -0.450 e. The fraction of sp³-hybridized carbons (Fsp3) is 0.929. The van der Waals surface area contributed by atoms with Crippen LogP contribution in [-0.4, -0.2) is 43.8 Å². The van der Waals surface area contributed by atoms with Gasteiger partial charge in [-0.2, -0.15) is 0 Å². The lowest BCUT2D eigenvalue weighted by molar-refractivity contribution is -0.0341. The number of unbranched alkanes of at least 4 members (excludes halogenated alkanes) is 3. The van der Waals surface area contributed by atoms with Gasteiger partial charge in [-0.15, -0.1) is 0 Å². The van der Waals surface area contributed by atoms with Gasteiger partial charge in [0.2, 0.25) is 0 Å². The largest absolute Gasteiger partial charge is 0.505 e. The average Bonchev–Trinajstić information content (AvgIpc) is 2.39. The third-order valence-electron chi connectivity index (χ3n) is 2.75. The maximum absolute atomic E-state index is 10.4. The van der Waals surface area contributed by atoms with Gasteiger partial charge in [0.25, 0.3) is 0 Å². The molecule has 1 unspecified atom stereocenters. The topological polar surface area (TPSA) is 65.0 Å². The Labute approximate surface area is 116 Å². The monoisotopic (exact) mass is 276 g/mol. The van der Waals surface area contributed by atoms with Gasteiger partial charge < -0.3 is 19.3 Å². The van der Waals surface area contributed by atoms with Crippen LogP contribution in [0.2, 0.25) is 0 Å². The third-order valence-corrected chi connectivity index (χ3v) is 2.75. The SMILES string of the molecule is CCCCCC(COC(=O)O)OCCOCCCC. The number of hydrogen-bond donors (Lipinski definition) is 1. The van der Waals surface area contributed by atoms with Crippen LogP contribution in [0.3, 0.4) is 0 Å². The molecule has 0 aliphatic rings. The molecule has 0 heterocycles. The summed E-state index contributed by atoms with van der Waals surface area (Å²) in [6, 6.07) is 0. The van der Waals surface area contributed by atoms with Crippen LogP contribution in [0.15, 0.2) is 0 Å². The van der Waals surface area contributed by atoms with Gasteiger partial charge in [-0.05, 0) is 12.8 Å². The van der Waals surface area contributed by atoms with Gasteiger partial charge in [0.1, 0.15) is 6.61 Å². The highest BCUT2D eigenvalue weighted by atomic mass is 16.7. The first-order valence-electron chi connectivity index (χ1n) is 7.25. The Bertz CT molecular complexity index is 208. The Balaban J connectivity index is 3.67. The molecule has 0 aliphatic heterocycles. The van der Waals surface area contributed by atoms with Crippen molar-refractivity contribution in [2.24, 2.45) is 0 Å². The molecule has 0 aromatic heterocycles. The van der Waals surface area contributed by atoms with Crippen LogP contribution in [0.1, 0.15) is 52.4 Å². The molecule has 0 aliphatic carbocycles. The van der Waals surface area contributed by atoms with E-state index in [1.54, 1.807) is 0 Å². The predicted molar refractivity (Wildman–Crippen MR) is 73.6 cm³/mol. The summed E-state index contributed by atoms with van der Waals surface area (Å²) in [5.74, 6) is 0. The molecular weight excluding hydrogens is 248 g/mol. The normalized spacial score (nSPS) is 12.3. The zero-order chi connectivity index (χ0) is 14.3. The van der Waals surface area contributed by atoms with Gasteiger partial charge in [-0.25, -0.2) is 4.79 Å². The van der Waals surface area contributed by atoms with Crippen molar-refractivity contribution >= 4 is 6.16 Å². The van der Waals surface area contributed by atoms with Crippen molar-refractivity contribution in [1.82, 2.24) is 0 Å². The first-order valence-corrected chi connectivity index (χ1v) is 7.25. The van der Waals surface area contributed by atoms with Crippen LogP contribution in [0.5, 0.6) is 0 Å². The highest BCUT2D eigenvalue weighted by Gasteiger charge is 2.11. The van der Waals surface area contributed by atoms with E-state index in [9.17, 15) is 4.79 Å². The zero-order valence-electron chi connectivity index (χ0n) is 12.2. The van der Waals surface area contributed by atoms with Crippen LogP contribution >= 0.6 is 0 Å². The summed E-state index contributed by atoms with van der Waals surface area (Å²) < 4.78 is 15.6. The van der Waals surface area contributed by atoms with Crippen LogP contribution in [0.4, 0.5) is 4.79 Å². The first-order chi connectivity index (χ1) is 9.20. The van der Waals surface area contributed by atoms with Crippen molar-refractivity contribution < 1.29 is 24.1 Å². The maximum Gasteiger partial charge on any atom is 0.505 e. The quantitative estimate of drug-likeness (QED) is 0.412. The summed E-state index contributed by atoms with van der Waals surface area (Å²) >= 11 is 0. The fourth-order valence-electron chi connectivity index (χ4n) is 1.62. The van der Waals surface area contributed by atoms with Gasteiger partial charge in [-0.3, -0.25) is 0 Å². The molecule has 0 amide bonds. The van der Waals surface area contributed by atoms with E-state index in [0.717, 1.165) is 45.1 Å². The van der Waals surface area contributed by atoms with E-state index in [2.05, 4.69) is 18.6 Å². The molecule has 0 aromatic carbocycles. The van der Waals surface area contributed by atoms with Crippen molar-refractivity contribution in [3.8, 4) is 0 Å². The summed E-state index contributed by atoms with van der Waals surface area (Å²) in [5, 5.41) is 8.50. The molecule has 0 bridgehead atoms. The Hall–Kier alpha value is -0.810. The minimum atomic E-state index is -1.25. The molecule has 1 N–H and O–H groups in total. The van der Waals surface area contributed by atoms with Gasteiger partial charge >= 0.3 is 6.16 Å². The second kappa shape index (κ2) is 13.6. The van der Waals surface area contributed by atoms with Crippen LogP contribution in [0.25, 0.3) is 0 Å². The smallest absolute Gasteiger partial charge is 0.450 e. The second-order valence-electron chi connectivity index (χ2n) is 4.53. The van der Waals surface area contributed by atoms with Crippen molar-refractivity contribution in [1.29, 1.82) is 0 Å². The van der Waals surface area contributed by atoms with Crippen molar-refractivity contribution in [3.63, 3.8) is 0 Å². The summed E-state index contributed by atoms with van der Waals surface area (Å²) in [6.07, 6.45) is 4.89. The van der Waals surface area contributed by atoms with Crippen molar-refractivity contribution in [2.75, 3.05) is 26.4 Å². The summed E-state index contributed by atoms with van der Waals surface area (Å²) in [5.41, 5.74) is 0. The molecule has 0 rings (SSSR count). The lowest BCUT2D eigenvalue weighted by atomic mass is 10.1. The Morgan fingerprint density at radius 3 is 2.42 bits per heavy atom. The average molecular weight is 276 g/mol. The van der Waals surface area contributed by atoms with E-state index >= 15 is 0 Å². The van der Waals surface area contributed by atoms with E-state index in [-0.39, 0.29) is 12.7 Å². The number of ether oxygens (including phenoxy) is 3. The second-order valence-corrected chi connectivity index (χ2v) is 4.53. The van der Waals surface area contributed by atoms with Crippen molar-refractivity contribution in [3.05, 3.63) is 0 Å². The van der Waals surface area contributed by atoms with E-state index in [1.807, 2.05) is 0 Å². The maximum atomic E-state index is 10.4. The van der Waals surface area contributed by atoms with Gasteiger partial charge in [0.05, 0.1) is 19.3 Å². The van der Waals surface area contributed by atoms with Crippen molar-refractivity contribution in [2.45, 2.75) is 58.5 Å². The van der Waals surface area contributed by atoms with E-state index in [4.69, 9.17) is 14.6 Å². The van der Waals surface area contributed by atoms with E-state index in [1.165, 1.54) is 0 Å². The van der Waals surface area contributed by atoms with E-state index in [0.29, 0.717) is 13.2 Å². The molecule has 0 saturated carbocycles. The molecule has 5 heteroatoms. The molecule has 1 atom stereocenters. The lowest BCUT2D eigenvalue weighted by Crippen LogP contribution is -2.23. The Morgan fingerprint density at radius 2 is 1.79 bits per heavy atom. The number of carboxylic acid groups (broad SMARTS) is 1.